The highest BCUT2D eigenvalue weighted by atomic mass is 35.5. The fourth-order valence-electron chi connectivity index (χ4n) is 9.09. The number of methoxy groups -OCH3 is 2. The van der Waals surface area contributed by atoms with Crippen molar-refractivity contribution in [1.82, 2.24) is 31.1 Å². The summed E-state index contributed by atoms with van der Waals surface area (Å²) in [5.41, 5.74) is 0. The monoisotopic (exact) mass is 852 g/mol. The van der Waals surface area contributed by atoms with Gasteiger partial charge in [0.05, 0.1) is 56.1 Å². The molecule has 2 aliphatic heterocycles. The molecule has 0 radical (unpaired) electrons. The maximum Gasteiger partial charge on any atom is 0.254 e. The zero-order valence-corrected chi connectivity index (χ0v) is 36.1. The molecule has 0 bridgehead atoms. The molecule has 5 rings (SSSR count). The number of halogens is 1. The molecule has 334 valence electrons. The van der Waals surface area contributed by atoms with Crippen molar-refractivity contribution in [3.05, 3.63) is 0 Å². The van der Waals surface area contributed by atoms with E-state index in [2.05, 4.69) is 41.3 Å². The van der Waals surface area contributed by atoms with Crippen molar-refractivity contribution in [2.24, 2.45) is 28.0 Å². The zero-order chi connectivity index (χ0) is 42.1. The number of alkyl halides is 1. The number of ketones is 1. The number of morpholine rings is 2. The third-order valence-electron chi connectivity index (χ3n) is 12.7. The quantitative estimate of drug-likeness (QED) is 0.0635. The van der Waals surface area contributed by atoms with E-state index in [1.807, 2.05) is 0 Å². The summed E-state index contributed by atoms with van der Waals surface area (Å²) in [4.78, 5) is 71.1. The van der Waals surface area contributed by atoms with Crippen LogP contribution in [-0.2, 0) is 42.9 Å². The predicted octanol–water partition coefficient (Wildman–Crippen LogP) is 1.45. The SMILES string of the molecule is COC1CC(NC(=O)C(N=NC2CCC(C(=O)NC3CC(C(=O)NCCCN4CCOCC4)CC(C(=O)NCCCN4CCOCC4)C3)CC2)C(C)=O)C(OC)CC1Cl. The predicted molar refractivity (Wildman–Crippen MR) is 220 cm³/mol. The van der Waals surface area contributed by atoms with Gasteiger partial charge in [-0.15, -0.1) is 11.6 Å². The number of Topliss-reactive ketones (excluding diaryl/α,β-unsaturated/α-hetero) is 1. The first-order chi connectivity index (χ1) is 28.5. The van der Waals surface area contributed by atoms with Gasteiger partial charge >= 0.3 is 0 Å². The summed E-state index contributed by atoms with van der Waals surface area (Å²) in [6.07, 6.45) is 5.67. The minimum Gasteiger partial charge on any atom is -0.380 e. The van der Waals surface area contributed by atoms with E-state index in [1.54, 1.807) is 14.2 Å². The fraction of sp³-hybridized carbons (Fsp3) is 0.878. The average Bonchev–Trinajstić information content (AvgIpc) is 3.25. The van der Waals surface area contributed by atoms with E-state index >= 15 is 0 Å². The molecule has 59 heavy (non-hydrogen) atoms. The topological polar surface area (TPSA) is 202 Å². The Kier molecular flexibility index (Phi) is 19.7. The minimum atomic E-state index is -1.29. The van der Waals surface area contributed by atoms with Crippen LogP contribution in [0.1, 0.15) is 77.6 Å². The lowest BCUT2D eigenvalue weighted by molar-refractivity contribution is -0.134. The van der Waals surface area contributed by atoms with Gasteiger partial charge in [0.25, 0.3) is 5.91 Å². The summed E-state index contributed by atoms with van der Waals surface area (Å²) >= 11 is 6.43. The lowest BCUT2D eigenvalue weighted by Gasteiger charge is -2.38. The van der Waals surface area contributed by atoms with Gasteiger partial charge in [0.1, 0.15) is 0 Å². The third kappa shape index (κ3) is 15.0. The Morgan fingerprint density at radius 1 is 0.695 bits per heavy atom. The number of carbonyl (C=O) groups excluding carboxylic acids is 5. The van der Waals surface area contributed by atoms with E-state index in [1.165, 1.54) is 6.92 Å². The number of hydrogen-bond acceptors (Lipinski definition) is 13. The van der Waals surface area contributed by atoms with Crippen LogP contribution in [0.15, 0.2) is 10.2 Å². The number of nitrogens with zero attached hydrogens (tertiary/aromatic N) is 4. The van der Waals surface area contributed by atoms with Crippen LogP contribution in [0, 0.1) is 17.8 Å². The Morgan fingerprint density at radius 3 is 1.75 bits per heavy atom. The molecule has 5 aliphatic rings. The van der Waals surface area contributed by atoms with Gasteiger partial charge in [-0.2, -0.15) is 10.2 Å². The Balaban J connectivity index is 1.10. The highest BCUT2D eigenvalue weighted by molar-refractivity contribution is 6.21. The molecule has 2 heterocycles. The molecule has 4 N–H and O–H groups in total. The second-order valence-electron chi connectivity index (χ2n) is 16.9. The molecule has 3 saturated carbocycles. The Hall–Kier alpha value is -2.80. The number of azo groups is 1. The first-order valence-electron chi connectivity index (χ1n) is 21.9. The number of nitrogens with one attached hydrogen (secondary N) is 4. The molecule has 3 aliphatic carbocycles. The molecule has 0 aromatic rings. The highest BCUT2D eigenvalue weighted by Gasteiger charge is 2.40. The summed E-state index contributed by atoms with van der Waals surface area (Å²) in [5.74, 6) is -2.22. The number of hydrogen-bond donors (Lipinski definition) is 4. The summed E-state index contributed by atoms with van der Waals surface area (Å²) in [6.45, 7) is 10.7. The molecule has 0 spiro atoms. The molecular formula is C41H69ClN8O9. The molecular weight excluding hydrogens is 784 g/mol. The van der Waals surface area contributed by atoms with Crippen LogP contribution < -0.4 is 21.3 Å². The smallest absolute Gasteiger partial charge is 0.254 e. The van der Waals surface area contributed by atoms with Crippen LogP contribution in [0.25, 0.3) is 0 Å². The first kappa shape index (κ1) is 47.3. The molecule has 0 aromatic heterocycles. The van der Waals surface area contributed by atoms with Gasteiger partial charge in [0, 0.05) is 77.3 Å². The molecule has 0 aromatic carbocycles. The van der Waals surface area contributed by atoms with Crippen molar-refractivity contribution in [3.63, 3.8) is 0 Å². The minimum absolute atomic E-state index is 0.0696. The van der Waals surface area contributed by atoms with E-state index in [9.17, 15) is 24.0 Å². The van der Waals surface area contributed by atoms with E-state index < -0.39 is 23.8 Å². The second kappa shape index (κ2) is 24.6. The largest absolute Gasteiger partial charge is 0.380 e. The van der Waals surface area contributed by atoms with Crippen molar-refractivity contribution in [3.8, 4) is 0 Å². The van der Waals surface area contributed by atoms with Gasteiger partial charge in [-0.05, 0) is 90.6 Å². The van der Waals surface area contributed by atoms with Crippen LogP contribution in [-0.4, -0.2) is 174 Å². The number of carbonyl (C=O) groups is 5. The van der Waals surface area contributed by atoms with Crippen LogP contribution in [0.3, 0.4) is 0 Å². The fourth-order valence-corrected chi connectivity index (χ4v) is 9.47. The van der Waals surface area contributed by atoms with Crippen molar-refractivity contribution >= 4 is 41.0 Å². The Bertz CT molecular complexity index is 1350. The number of amides is 4. The Labute approximate surface area is 354 Å². The summed E-state index contributed by atoms with van der Waals surface area (Å²) in [6, 6.07) is -2.23. The van der Waals surface area contributed by atoms with Gasteiger partial charge in [0.15, 0.2) is 5.78 Å². The molecule has 5 fully saturated rings. The van der Waals surface area contributed by atoms with Gasteiger partial charge < -0.3 is 40.2 Å². The van der Waals surface area contributed by atoms with Crippen molar-refractivity contribution in [1.29, 1.82) is 0 Å². The van der Waals surface area contributed by atoms with E-state index in [-0.39, 0.29) is 65.1 Å². The van der Waals surface area contributed by atoms with Crippen LogP contribution in [0.4, 0.5) is 0 Å². The number of rotatable bonds is 19. The van der Waals surface area contributed by atoms with Gasteiger partial charge in [-0.1, -0.05) is 0 Å². The average molecular weight is 854 g/mol. The van der Waals surface area contributed by atoms with Gasteiger partial charge in [0.2, 0.25) is 23.8 Å². The molecule has 2 saturated heterocycles. The third-order valence-corrected chi connectivity index (χ3v) is 13.1. The Morgan fingerprint density at radius 2 is 1.24 bits per heavy atom. The first-order valence-corrected chi connectivity index (χ1v) is 22.3. The summed E-state index contributed by atoms with van der Waals surface area (Å²) in [5, 5.41) is 20.7. The lowest BCUT2D eigenvalue weighted by atomic mass is 9.77. The van der Waals surface area contributed by atoms with Crippen molar-refractivity contribution in [2.45, 2.75) is 119 Å². The van der Waals surface area contributed by atoms with E-state index in [4.69, 9.17) is 30.5 Å². The zero-order valence-electron chi connectivity index (χ0n) is 35.4. The second-order valence-corrected chi connectivity index (χ2v) is 17.5. The normalized spacial score (nSPS) is 31.6. The van der Waals surface area contributed by atoms with Crippen molar-refractivity contribution in [2.75, 3.05) is 93.0 Å². The van der Waals surface area contributed by atoms with E-state index in [0.717, 1.165) is 78.5 Å². The van der Waals surface area contributed by atoms with Crippen molar-refractivity contribution < 1.29 is 42.9 Å². The highest BCUT2D eigenvalue weighted by Crippen LogP contribution is 2.32. The lowest BCUT2D eigenvalue weighted by Crippen LogP contribution is -2.55. The number of ether oxygens (including phenoxy) is 4. The van der Waals surface area contributed by atoms with Gasteiger partial charge in [-0.3, -0.25) is 33.8 Å². The molecule has 7 atom stereocenters. The summed E-state index contributed by atoms with van der Waals surface area (Å²) in [7, 11) is 3.14. The maximum absolute atomic E-state index is 13.7. The molecule has 17 nitrogen and oxygen atoms in total. The van der Waals surface area contributed by atoms with E-state index in [0.29, 0.717) is 70.9 Å². The van der Waals surface area contributed by atoms with Crippen LogP contribution in [0.5, 0.6) is 0 Å². The van der Waals surface area contributed by atoms with Gasteiger partial charge in [-0.25, -0.2) is 0 Å². The standard InChI is InChI=1S/C41H69ClN8O9/c1-27(51)37(41(55)46-34-26-35(56-2)33(42)25-36(34)57-3)48-47-31-8-6-28(7-9-31)40(54)45-32-23-29(38(52)43-10-4-12-49-14-18-58-19-15-49)22-30(24-32)39(53)44-11-5-13-50-16-20-59-21-17-50/h28-37H,4-26H2,1-3H3,(H,43,52)(H,44,53)(H,45,54)(H,46,55). The molecule has 4 amide bonds. The summed E-state index contributed by atoms with van der Waals surface area (Å²) < 4.78 is 21.9. The maximum atomic E-state index is 13.7. The molecule has 7 unspecified atom stereocenters. The molecule has 18 heteroatoms. The van der Waals surface area contributed by atoms with Crippen LogP contribution >= 0.6 is 11.6 Å². The van der Waals surface area contributed by atoms with Crippen LogP contribution in [0.2, 0.25) is 0 Å².